The molecule has 0 aliphatic rings. The molecule has 46 valence electrons. The molecule has 0 amide bonds. The molecular formula is C5H7IO2. The normalized spacial score (nSPS) is 11.5. The first kappa shape index (κ1) is 7.94. The van der Waals surface area contributed by atoms with E-state index in [0.29, 0.717) is 3.58 Å². The zero-order valence-electron chi connectivity index (χ0n) is 4.52. The molecule has 0 heterocycles. The van der Waals surface area contributed by atoms with E-state index in [1.165, 1.54) is 0 Å². The molecule has 0 saturated carbocycles. The summed E-state index contributed by atoms with van der Waals surface area (Å²) in [4.78, 5) is 10.0. The number of rotatable bonds is 2. The van der Waals surface area contributed by atoms with E-state index in [-0.39, 0.29) is 0 Å². The Morgan fingerprint density at radius 2 is 2.38 bits per heavy atom. The maximum Gasteiger partial charge on any atom is 0.341 e. The van der Waals surface area contributed by atoms with Crippen LogP contribution in [0.3, 0.4) is 0 Å². The number of allylic oxidation sites excluding steroid dienone is 1. The van der Waals surface area contributed by atoms with Gasteiger partial charge in [-0.2, -0.15) is 0 Å². The molecule has 0 unspecified atom stereocenters. The van der Waals surface area contributed by atoms with Gasteiger partial charge in [-0.1, -0.05) is 13.0 Å². The number of aliphatic carboxylic acids is 1. The number of carboxylic acid groups (broad SMARTS) is 1. The van der Waals surface area contributed by atoms with Gasteiger partial charge in [0.25, 0.3) is 0 Å². The molecule has 0 fully saturated rings. The summed E-state index contributed by atoms with van der Waals surface area (Å²) >= 11 is 1.79. The van der Waals surface area contributed by atoms with Crippen molar-refractivity contribution in [2.45, 2.75) is 13.3 Å². The second-order valence-corrected chi connectivity index (χ2v) is 2.43. The highest BCUT2D eigenvalue weighted by molar-refractivity contribution is 14.1. The number of carboxylic acids is 1. The molecule has 0 aromatic heterocycles. The third-order valence-electron chi connectivity index (χ3n) is 0.588. The molecule has 0 aliphatic carbocycles. The maximum atomic E-state index is 10.0. The lowest BCUT2D eigenvalue weighted by atomic mass is 10.4. The van der Waals surface area contributed by atoms with Gasteiger partial charge in [-0.15, -0.1) is 0 Å². The zero-order chi connectivity index (χ0) is 6.57. The van der Waals surface area contributed by atoms with Crippen molar-refractivity contribution >= 4 is 28.6 Å². The van der Waals surface area contributed by atoms with Gasteiger partial charge in [0, 0.05) is 0 Å². The van der Waals surface area contributed by atoms with Gasteiger partial charge in [0.1, 0.15) is 0 Å². The molecule has 0 saturated heterocycles. The first-order valence-corrected chi connectivity index (χ1v) is 3.35. The average molecular weight is 226 g/mol. The van der Waals surface area contributed by atoms with Crippen molar-refractivity contribution in [3.05, 3.63) is 9.66 Å². The minimum absolute atomic E-state index is 0.394. The van der Waals surface area contributed by atoms with Gasteiger partial charge in [-0.3, -0.25) is 0 Å². The highest BCUT2D eigenvalue weighted by Crippen LogP contribution is 2.05. The minimum atomic E-state index is -0.840. The first-order chi connectivity index (χ1) is 3.68. The smallest absolute Gasteiger partial charge is 0.341 e. The fourth-order valence-electron chi connectivity index (χ4n) is 0.267. The third-order valence-corrected chi connectivity index (χ3v) is 1.49. The van der Waals surface area contributed by atoms with Gasteiger partial charge >= 0.3 is 5.97 Å². The van der Waals surface area contributed by atoms with Gasteiger partial charge in [0.05, 0.1) is 3.58 Å². The van der Waals surface area contributed by atoms with Crippen LogP contribution in [-0.2, 0) is 4.79 Å². The predicted octanol–water partition coefficient (Wildman–Crippen LogP) is 1.80. The molecule has 0 aromatic carbocycles. The van der Waals surface area contributed by atoms with E-state index >= 15 is 0 Å². The largest absolute Gasteiger partial charge is 0.477 e. The monoisotopic (exact) mass is 226 g/mol. The van der Waals surface area contributed by atoms with Crippen molar-refractivity contribution < 1.29 is 9.90 Å². The van der Waals surface area contributed by atoms with E-state index in [0.717, 1.165) is 6.42 Å². The summed E-state index contributed by atoms with van der Waals surface area (Å²) in [5.74, 6) is -0.840. The summed E-state index contributed by atoms with van der Waals surface area (Å²) in [6.45, 7) is 1.90. The van der Waals surface area contributed by atoms with E-state index < -0.39 is 5.97 Å². The molecule has 0 radical (unpaired) electrons. The van der Waals surface area contributed by atoms with Crippen molar-refractivity contribution in [3.63, 3.8) is 0 Å². The number of halogens is 1. The Balaban J connectivity index is 3.80. The van der Waals surface area contributed by atoms with Crippen molar-refractivity contribution in [3.8, 4) is 0 Å². The van der Waals surface area contributed by atoms with Crippen LogP contribution in [0.25, 0.3) is 0 Å². The van der Waals surface area contributed by atoms with Crippen LogP contribution in [0.5, 0.6) is 0 Å². The highest BCUT2D eigenvalue weighted by Gasteiger charge is 1.97. The highest BCUT2D eigenvalue weighted by atomic mass is 127. The van der Waals surface area contributed by atoms with Crippen LogP contribution >= 0.6 is 22.6 Å². The Morgan fingerprint density at radius 3 is 2.50 bits per heavy atom. The number of hydrogen-bond acceptors (Lipinski definition) is 1. The molecule has 2 nitrogen and oxygen atoms in total. The number of carbonyl (C=O) groups is 1. The van der Waals surface area contributed by atoms with E-state index in [2.05, 4.69) is 0 Å². The molecular weight excluding hydrogens is 219 g/mol. The van der Waals surface area contributed by atoms with E-state index in [1.54, 1.807) is 28.7 Å². The van der Waals surface area contributed by atoms with Crippen LogP contribution in [0.1, 0.15) is 13.3 Å². The third kappa shape index (κ3) is 3.01. The summed E-state index contributed by atoms with van der Waals surface area (Å²) in [7, 11) is 0. The average Bonchev–Trinajstić information content (AvgIpc) is 1.67. The molecule has 0 atom stereocenters. The number of hydrogen-bond donors (Lipinski definition) is 1. The van der Waals surface area contributed by atoms with Crippen LogP contribution < -0.4 is 0 Å². The van der Waals surface area contributed by atoms with Gasteiger partial charge < -0.3 is 5.11 Å². The Hall–Kier alpha value is -0.0600. The molecule has 0 aromatic rings. The zero-order valence-corrected chi connectivity index (χ0v) is 6.68. The summed E-state index contributed by atoms with van der Waals surface area (Å²) < 4.78 is 0.394. The van der Waals surface area contributed by atoms with Crippen molar-refractivity contribution in [2.75, 3.05) is 0 Å². The maximum absolute atomic E-state index is 10.0. The quantitative estimate of drug-likeness (QED) is 0.575. The van der Waals surface area contributed by atoms with Crippen molar-refractivity contribution in [1.82, 2.24) is 0 Å². The lowest BCUT2D eigenvalue weighted by Crippen LogP contribution is -1.91. The standard InChI is InChI=1S/C5H7IO2/c1-2-3-4(6)5(7)8/h3H,2H2,1H3,(H,7,8)/b4-3-. The van der Waals surface area contributed by atoms with E-state index in [4.69, 9.17) is 5.11 Å². The Bertz CT molecular complexity index is 118. The summed E-state index contributed by atoms with van der Waals surface area (Å²) in [6, 6.07) is 0. The van der Waals surface area contributed by atoms with Crippen molar-refractivity contribution in [1.29, 1.82) is 0 Å². The molecule has 0 bridgehead atoms. The molecule has 0 aliphatic heterocycles. The first-order valence-electron chi connectivity index (χ1n) is 2.27. The molecule has 0 rings (SSSR count). The van der Waals surface area contributed by atoms with Crippen LogP contribution in [0.2, 0.25) is 0 Å². The van der Waals surface area contributed by atoms with E-state index in [9.17, 15) is 4.79 Å². The van der Waals surface area contributed by atoms with Gasteiger partial charge in [-0.25, -0.2) is 4.79 Å². The summed E-state index contributed by atoms with van der Waals surface area (Å²) in [5, 5.41) is 8.24. The second-order valence-electron chi connectivity index (χ2n) is 1.27. The van der Waals surface area contributed by atoms with Gasteiger partial charge in [0.2, 0.25) is 0 Å². The molecule has 1 N–H and O–H groups in total. The minimum Gasteiger partial charge on any atom is -0.477 e. The molecule has 0 spiro atoms. The topological polar surface area (TPSA) is 37.3 Å². The van der Waals surface area contributed by atoms with Crippen molar-refractivity contribution in [2.24, 2.45) is 0 Å². The summed E-state index contributed by atoms with van der Waals surface area (Å²) in [5.41, 5.74) is 0. The van der Waals surface area contributed by atoms with Gasteiger partial charge in [0.15, 0.2) is 0 Å². The second kappa shape index (κ2) is 3.88. The fourth-order valence-corrected chi connectivity index (χ4v) is 0.707. The van der Waals surface area contributed by atoms with Crippen LogP contribution in [0, 0.1) is 0 Å². The van der Waals surface area contributed by atoms with E-state index in [1.807, 2.05) is 6.92 Å². The lowest BCUT2D eigenvalue weighted by molar-refractivity contribution is -0.131. The SMILES string of the molecule is CC/C=C(\I)C(=O)O. The van der Waals surface area contributed by atoms with Crippen LogP contribution in [0.4, 0.5) is 0 Å². The Labute approximate surface area is 61.7 Å². The van der Waals surface area contributed by atoms with Crippen LogP contribution in [-0.4, -0.2) is 11.1 Å². The Kier molecular flexibility index (Phi) is 3.85. The fraction of sp³-hybridized carbons (Fsp3) is 0.400. The van der Waals surface area contributed by atoms with Crippen LogP contribution in [0.15, 0.2) is 9.66 Å². The Morgan fingerprint density at radius 1 is 1.88 bits per heavy atom. The predicted molar refractivity (Wildman–Crippen MR) is 40.0 cm³/mol. The lowest BCUT2D eigenvalue weighted by Gasteiger charge is -1.84. The molecule has 3 heteroatoms. The molecule has 8 heavy (non-hydrogen) atoms. The van der Waals surface area contributed by atoms with Gasteiger partial charge in [-0.05, 0) is 29.0 Å². The summed E-state index contributed by atoms with van der Waals surface area (Å²) in [6.07, 6.45) is 2.45.